The first-order chi connectivity index (χ1) is 8.03. The summed E-state index contributed by atoms with van der Waals surface area (Å²) in [5, 5.41) is 10.1. The van der Waals surface area contributed by atoms with Gasteiger partial charge in [-0.25, -0.2) is 4.98 Å². The highest BCUT2D eigenvalue weighted by atomic mass is 15.1. The molecule has 0 fully saturated rings. The van der Waals surface area contributed by atoms with Crippen LogP contribution in [0.25, 0.3) is 0 Å². The Morgan fingerprint density at radius 2 is 2.24 bits per heavy atom. The summed E-state index contributed by atoms with van der Waals surface area (Å²) < 4.78 is 2.06. The largest absolute Gasteiger partial charge is 0.333 e. The Hall–Kier alpha value is -1.62. The van der Waals surface area contributed by atoms with Crippen LogP contribution in [0.2, 0.25) is 0 Å². The van der Waals surface area contributed by atoms with Crippen molar-refractivity contribution in [1.29, 1.82) is 0 Å². The normalized spacial score (nSPS) is 11.9. The second-order valence-electron chi connectivity index (χ2n) is 5.25. The number of imidazole rings is 1. The van der Waals surface area contributed by atoms with Crippen molar-refractivity contribution in [2.45, 2.75) is 39.4 Å². The minimum atomic E-state index is 0.119. The van der Waals surface area contributed by atoms with Gasteiger partial charge in [-0.3, -0.25) is 5.10 Å². The molecule has 2 heterocycles. The fourth-order valence-electron chi connectivity index (χ4n) is 1.51. The van der Waals surface area contributed by atoms with Gasteiger partial charge in [0, 0.05) is 30.0 Å². The molecule has 2 aromatic rings. The molecule has 92 valence electrons. The van der Waals surface area contributed by atoms with Crippen molar-refractivity contribution in [2.75, 3.05) is 0 Å². The molecule has 17 heavy (non-hydrogen) atoms. The topological polar surface area (TPSA) is 58.5 Å². The van der Waals surface area contributed by atoms with E-state index in [1.54, 1.807) is 0 Å². The third-order valence-corrected chi connectivity index (χ3v) is 2.41. The number of aromatic nitrogens is 4. The average Bonchev–Trinajstić information content (AvgIpc) is 2.86. The SMILES string of the molecule is CC(C)(C)NCc1cn(Cc2cn[nH]c2)cn1. The fourth-order valence-corrected chi connectivity index (χ4v) is 1.51. The van der Waals surface area contributed by atoms with Gasteiger partial charge in [-0.2, -0.15) is 5.10 Å². The molecule has 0 amide bonds. The summed E-state index contributed by atoms with van der Waals surface area (Å²) in [7, 11) is 0. The molecule has 2 N–H and O–H groups in total. The summed E-state index contributed by atoms with van der Waals surface area (Å²) in [6.07, 6.45) is 7.64. The lowest BCUT2D eigenvalue weighted by Gasteiger charge is -2.19. The maximum Gasteiger partial charge on any atom is 0.0953 e. The third kappa shape index (κ3) is 3.71. The van der Waals surface area contributed by atoms with Crippen LogP contribution in [0.5, 0.6) is 0 Å². The van der Waals surface area contributed by atoms with E-state index in [-0.39, 0.29) is 5.54 Å². The summed E-state index contributed by atoms with van der Waals surface area (Å²) in [5.74, 6) is 0. The van der Waals surface area contributed by atoms with Crippen LogP contribution in [0.15, 0.2) is 24.9 Å². The zero-order valence-electron chi connectivity index (χ0n) is 10.6. The molecule has 5 nitrogen and oxygen atoms in total. The van der Waals surface area contributed by atoms with E-state index in [0.717, 1.165) is 24.3 Å². The number of hydrogen-bond acceptors (Lipinski definition) is 3. The first-order valence-corrected chi connectivity index (χ1v) is 5.76. The van der Waals surface area contributed by atoms with Crippen LogP contribution in [-0.4, -0.2) is 25.3 Å². The molecular weight excluding hydrogens is 214 g/mol. The van der Waals surface area contributed by atoms with E-state index in [0.29, 0.717) is 0 Å². The van der Waals surface area contributed by atoms with Gasteiger partial charge in [0.2, 0.25) is 0 Å². The van der Waals surface area contributed by atoms with Crippen molar-refractivity contribution in [3.63, 3.8) is 0 Å². The molecule has 0 saturated carbocycles. The van der Waals surface area contributed by atoms with E-state index in [9.17, 15) is 0 Å². The van der Waals surface area contributed by atoms with Crippen LogP contribution in [0.3, 0.4) is 0 Å². The lowest BCUT2D eigenvalue weighted by atomic mass is 10.1. The molecular formula is C12H19N5. The Bertz CT molecular complexity index is 449. The van der Waals surface area contributed by atoms with Gasteiger partial charge in [0.25, 0.3) is 0 Å². The van der Waals surface area contributed by atoms with Gasteiger partial charge in [-0.15, -0.1) is 0 Å². The standard InChI is InChI=1S/C12H19N5/c1-12(2,3)14-6-11-8-17(9-13-11)7-10-4-15-16-5-10/h4-5,8-9,14H,6-7H2,1-3H3,(H,15,16). The van der Waals surface area contributed by atoms with E-state index in [1.165, 1.54) is 0 Å². The molecule has 2 rings (SSSR count). The Morgan fingerprint density at radius 3 is 2.88 bits per heavy atom. The highest BCUT2D eigenvalue weighted by Crippen LogP contribution is 2.04. The van der Waals surface area contributed by atoms with Gasteiger partial charge in [0.1, 0.15) is 0 Å². The molecule has 0 bridgehead atoms. The van der Waals surface area contributed by atoms with Crippen LogP contribution in [0, 0.1) is 0 Å². The molecule has 0 atom stereocenters. The Kier molecular flexibility index (Phi) is 3.28. The fraction of sp³-hybridized carbons (Fsp3) is 0.500. The number of nitrogens with one attached hydrogen (secondary N) is 2. The van der Waals surface area contributed by atoms with E-state index >= 15 is 0 Å². The van der Waals surface area contributed by atoms with E-state index in [4.69, 9.17) is 0 Å². The number of H-pyrrole nitrogens is 1. The molecule has 0 saturated heterocycles. The average molecular weight is 233 g/mol. The van der Waals surface area contributed by atoms with Gasteiger partial charge < -0.3 is 9.88 Å². The third-order valence-electron chi connectivity index (χ3n) is 2.41. The molecule has 0 unspecified atom stereocenters. The molecule has 2 aromatic heterocycles. The van der Waals surface area contributed by atoms with E-state index < -0.39 is 0 Å². The van der Waals surface area contributed by atoms with Crippen molar-refractivity contribution in [1.82, 2.24) is 25.1 Å². The first kappa shape index (κ1) is 11.9. The summed E-state index contributed by atoms with van der Waals surface area (Å²) >= 11 is 0. The van der Waals surface area contributed by atoms with Gasteiger partial charge in [-0.05, 0) is 20.8 Å². The van der Waals surface area contributed by atoms with Gasteiger partial charge in [0.05, 0.1) is 24.8 Å². The molecule has 0 spiro atoms. The van der Waals surface area contributed by atoms with Crippen molar-refractivity contribution < 1.29 is 0 Å². The number of rotatable bonds is 4. The van der Waals surface area contributed by atoms with E-state index in [2.05, 4.69) is 52.0 Å². The highest BCUT2D eigenvalue weighted by Gasteiger charge is 2.09. The summed E-state index contributed by atoms with van der Waals surface area (Å²) in [6, 6.07) is 0. The van der Waals surface area contributed by atoms with E-state index in [1.807, 2.05) is 18.7 Å². The Balaban J connectivity index is 1.92. The molecule has 0 aromatic carbocycles. The van der Waals surface area contributed by atoms with Crippen molar-refractivity contribution in [3.05, 3.63) is 36.2 Å². The Labute approximate surface area is 101 Å². The molecule has 0 aliphatic heterocycles. The second kappa shape index (κ2) is 4.71. The highest BCUT2D eigenvalue weighted by molar-refractivity contribution is 5.05. The van der Waals surface area contributed by atoms with Crippen molar-refractivity contribution in [3.8, 4) is 0 Å². The second-order valence-corrected chi connectivity index (χ2v) is 5.25. The molecule has 5 heteroatoms. The lowest BCUT2D eigenvalue weighted by molar-refractivity contribution is 0.421. The van der Waals surface area contributed by atoms with Gasteiger partial charge in [-0.1, -0.05) is 0 Å². The zero-order chi connectivity index (χ0) is 12.3. The number of aromatic amines is 1. The van der Waals surface area contributed by atoms with Crippen LogP contribution < -0.4 is 5.32 Å². The summed E-state index contributed by atoms with van der Waals surface area (Å²) in [5.41, 5.74) is 2.33. The van der Waals surface area contributed by atoms with Crippen LogP contribution in [0.4, 0.5) is 0 Å². The van der Waals surface area contributed by atoms with Gasteiger partial charge >= 0.3 is 0 Å². The summed E-state index contributed by atoms with van der Waals surface area (Å²) in [4.78, 5) is 4.37. The monoisotopic (exact) mass is 233 g/mol. The lowest BCUT2D eigenvalue weighted by Crippen LogP contribution is -2.35. The Morgan fingerprint density at radius 1 is 1.41 bits per heavy atom. The predicted molar refractivity (Wildman–Crippen MR) is 66.5 cm³/mol. The maximum atomic E-state index is 4.37. The van der Waals surface area contributed by atoms with Crippen LogP contribution in [-0.2, 0) is 13.1 Å². The minimum absolute atomic E-state index is 0.119. The number of nitrogens with zero attached hydrogens (tertiary/aromatic N) is 3. The first-order valence-electron chi connectivity index (χ1n) is 5.76. The van der Waals surface area contributed by atoms with Crippen LogP contribution in [0.1, 0.15) is 32.0 Å². The zero-order valence-corrected chi connectivity index (χ0v) is 10.6. The quantitative estimate of drug-likeness (QED) is 0.842. The minimum Gasteiger partial charge on any atom is -0.333 e. The maximum absolute atomic E-state index is 4.37. The van der Waals surface area contributed by atoms with Crippen molar-refractivity contribution in [2.24, 2.45) is 0 Å². The van der Waals surface area contributed by atoms with Crippen LogP contribution >= 0.6 is 0 Å². The predicted octanol–water partition coefficient (Wildman–Crippen LogP) is 1.54. The molecule has 0 aliphatic rings. The smallest absolute Gasteiger partial charge is 0.0953 e. The van der Waals surface area contributed by atoms with Crippen molar-refractivity contribution >= 4 is 0 Å². The molecule has 0 radical (unpaired) electrons. The number of hydrogen-bond donors (Lipinski definition) is 2. The van der Waals surface area contributed by atoms with Gasteiger partial charge in [0.15, 0.2) is 0 Å². The summed E-state index contributed by atoms with van der Waals surface area (Å²) in [6.45, 7) is 8.04. The molecule has 0 aliphatic carbocycles.